The molecule has 0 aliphatic heterocycles. The molecular formula is C14H19Cl2NO. The van der Waals surface area contributed by atoms with Crippen molar-refractivity contribution >= 4 is 23.2 Å². The van der Waals surface area contributed by atoms with Crippen LogP contribution in [0.4, 0.5) is 0 Å². The highest BCUT2D eigenvalue weighted by Gasteiger charge is 2.24. The lowest BCUT2D eigenvalue weighted by atomic mass is 9.97. The maximum Gasteiger partial charge on any atom is 0.122 e. The van der Waals surface area contributed by atoms with Crippen molar-refractivity contribution in [1.82, 2.24) is 0 Å². The minimum absolute atomic E-state index is 0.187. The van der Waals surface area contributed by atoms with Gasteiger partial charge in [-0.1, -0.05) is 36.0 Å². The largest absolute Gasteiger partial charge is 0.490 e. The van der Waals surface area contributed by atoms with Crippen LogP contribution in [0.25, 0.3) is 0 Å². The van der Waals surface area contributed by atoms with Crippen LogP contribution in [-0.4, -0.2) is 12.6 Å². The fourth-order valence-corrected chi connectivity index (χ4v) is 3.05. The standard InChI is InChI=1S/C14H19Cl2NO/c15-11-6-12(16)8-13(7-11)18-14-5-3-1-2-4-10(14)9-17/h6-8,10,14H,1-5,9,17H2. The van der Waals surface area contributed by atoms with Gasteiger partial charge in [-0.05, 0) is 44.0 Å². The lowest BCUT2D eigenvalue weighted by Crippen LogP contribution is -2.31. The zero-order valence-corrected chi connectivity index (χ0v) is 11.9. The number of rotatable bonds is 3. The normalized spacial score (nSPS) is 24.6. The van der Waals surface area contributed by atoms with Crippen LogP contribution in [0.1, 0.15) is 32.1 Å². The SMILES string of the molecule is NCC1CCCCCC1Oc1cc(Cl)cc(Cl)c1. The minimum Gasteiger partial charge on any atom is -0.490 e. The minimum atomic E-state index is 0.187. The third-order valence-electron chi connectivity index (χ3n) is 3.52. The van der Waals surface area contributed by atoms with E-state index in [1.165, 1.54) is 19.3 Å². The van der Waals surface area contributed by atoms with E-state index in [4.69, 9.17) is 33.7 Å². The van der Waals surface area contributed by atoms with Crippen LogP contribution < -0.4 is 10.5 Å². The summed E-state index contributed by atoms with van der Waals surface area (Å²) >= 11 is 12.0. The molecule has 100 valence electrons. The van der Waals surface area contributed by atoms with Crippen molar-refractivity contribution in [3.8, 4) is 5.75 Å². The molecule has 18 heavy (non-hydrogen) atoms. The average Bonchev–Trinajstić information content (AvgIpc) is 2.52. The van der Waals surface area contributed by atoms with Crippen molar-refractivity contribution in [3.63, 3.8) is 0 Å². The maximum atomic E-state index is 6.05. The van der Waals surface area contributed by atoms with Gasteiger partial charge in [-0.3, -0.25) is 0 Å². The molecule has 0 heterocycles. The molecule has 0 spiro atoms. The fourth-order valence-electron chi connectivity index (χ4n) is 2.55. The Labute approximate surface area is 118 Å². The van der Waals surface area contributed by atoms with Crippen molar-refractivity contribution < 1.29 is 4.74 Å². The summed E-state index contributed by atoms with van der Waals surface area (Å²) in [5, 5.41) is 1.21. The van der Waals surface area contributed by atoms with E-state index in [2.05, 4.69) is 0 Å². The van der Waals surface area contributed by atoms with Gasteiger partial charge in [-0.25, -0.2) is 0 Å². The van der Waals surface area contributed by atoms with Crippen LogP contribution in [0.3, 0.4) is 0 Å². The van der Waals surface area contributed by atoms with Crippen LogP contribution in [-0.2, 0) is 0 Å². The molecule has 2 unspecified atom stereocenters. The van der Waals surface area contributed by atoms with E-state index in [0.717, 1.165) is 18.6 Å². The smallest absolute Gasteiger partial charge is 0.122 e. The molecule has 1 aromatic carbocycles. The van der Waals surface area contributed by atoms with Crippen LogP contribution in [0.2, 0.25) is 10.0 Å². The first-order valence-electron chi connectivity index (χ1n) is 6.52. The second-order valence-corrected chi connectivity index (χ2v) is 5.77. The molecular weight excluding hydrogens is 269 g/mol. The Hall–Kier alpha value is -0.440. The van der Waals surface area contributed by atoms with Crippen molar-refractivity contribution in [2.45, 2.75) is 38.2 Å². The highest BCUT2D eigenvalue weighted by molar-refractivity contribution is 6.34. The van der Waals surface area contributed by atoms with E-state index in [1.807, 2.05) is 12.1 Å². The molecule has 4 heteroatoms. The average molecular weight is 288 g/mol. The van der Waals surface area contributed by atoms with Crippen molar-refractivity contribution in [3.05, 3.63) is 28.2 Å². The Balaban J connectivity index is 2.09. The molecule has 1 fully saturated rings. The van der Waals surface area contributed by atoms with Gasteiger partial charge >= 0.3 is 0 Å². The second kappa shape index (κ2) is 6.65. The third-order valence-corrected chi connectivity index (χ3v) is 3.95. The highest BCUT2D eigenvalue weighted by Crippen LogP contribution is 2.30. The third kappa shape index (κ3) is 3.78. The van der Waals surface area contributed by atoms with Crippen LogP contribution >= 0.6 is 23.2 Å². The summed E-state index contributed by atoms with van der Waals surface area (Å²) in [7, 11) is 0. The highest BCUT2D eigenvalue weighted by atomic mass is 35.5. The number of hydrogen-bond acceptors (Lipinski definition) is 2. The summed E-state index contributed by atoms with van der Waals surface area (Å²) in [5.74, 6) is 1.18. The molecule has 0 amide bonds. The van der Waals surface area contributed by atoms with Gasteiger partial charge in [0.15, 0.2) is 0 Å². The summed E-state index contributed by atoms with van der Waals surface area (Å²) in [4.78, 5) is 0. The van der Waals surface area contributed by atoms with E-state index in [9.17, 15) is 0 Å². The Morgan fingerprint density at radius 3 is 2.39 bits per heavy atom. The summed E-state index contributed by atoms with van der Waals surface area (Å²) in [6.45, 7) is 0.680. The van der Waals surface area contributed by atoms with E-state index in [0.29, 0.717) is 22.5 Å². The Morgan fingerprint density at radius 1 is 1.06 bits per heavy atom. The predicted molar refractivity (Wildman–Crippen MR) is 76.5 cm³/mol. The van der Waals surface area contributed by atoms with Gasteiger partial charge in [-0.2, -0.15) is 0 Å². The summed E-state index contributed by atoms with van der Waals surface area (Å²) in [5.41, 5.74) is 5.84. The molecule has 2 atom stereocenters. The van der Waals surface area contributed by atoms with Gasteiger partial charge in [0.1, 0.15) is 11.9 Å². The van der Waals surface area contributed by atoms with Crippen LogP contribution in [0.5, 0.6) is 5.75 Å². The molecule has 2 N–H and O–H groups in total. The van der Waals surface area contributed by atoms with Gasteiger partial charge in [0.2, 0.25) is 0 Å². The molecule has 0 bridgehead atoms. The van der Waals surface area contributed by atoms with Gasteiger partial charge < -0.3 is 10.5 Å². The first-order chi connectivity index (χ1) is 8.69. The van der Waals surface area contributed by atoms with Gasteiger partial charge in [0, 0.05) is 16.0 Å². The molecule has 0 radical (unpaired) electrons. The lowest BCUT2D eigenvalue weighted by Gasteiger charge is -2.25. The molecule has 0 aromatic heterocycles. The number of hydrogen-bond donors (Lipinski definition) is 1. The monoisotopic (exact) mass is 287 g/mol. The number of nitrogens with two attached hydrogens (primary N) is 1. The first kappa shape index (κ1) is 14.0. The van der Waals surface area contributed by atoms with Crippen LogP contribution in [0, 0.1) is 5.92 Å². The van der Waals surface area contributed by atoms with Gasteiger partial charge in [-0.15, -0.1) is 0 Å². The molecule has 1 aromatic rings. The number of benzene rings is 1. The molecule has 1 aliphatic carbocycles. The van der Waals surface area contributed by atoms with Gasteiger partial charge in [0.05, 0.1) is 0 Å². The zero-order chi connectivity index (χ0) is 13.0. The molecule has 1 saturated carbocycles. The summed E-state index contributed by atoms with van der Waals surface area (Å²) < 4.78 is 6.05. The topological polar surface area (TPSA) is 35.2 Å². The van der Waals surface area contributed by atoms with E-state index < -0.39 is 0 Å². The Bertz CT molecular complexity index is 377. The quantitative estimate of drug-likeness (QED) is 0.842. The Morgan fingerprint density at radius 2 is 1.72 bits per heavy atom. The van der Waals surface area contributed by atoms with Crippen molar-refractivity contribution in [2.75, 3.05) is 6.54 Å². The Kier molecular flexibility index (Phi) is 5.16. The van der Waals surface area contributed by atoms with Gasteiger partial charge in [0.25, 0.3) is 0 Å². The number of ether oxygens (including phenoxy) is 1. The molecule has 1 aliphatic rings. The fraction of sp³-hybridized carbons (Fsp3) is 0.571. The first-order valence-corrected chi connectivity index (χ1v) is 7.27. The molecule has 2 rings (SSSR count). The van der Waals surface area contributed by atoms with E-state index in [1.54, 1.807) is 6.07 Å². The van der Waals surface area contributed by atoms with E-state index >= 15 is 0 Å². The molecule has 2 nitrogen and oxygen atoms in total. The predicted octanol–water partition coefficient (Wildman–Crippen LogP) is 4.28. The second-order valence-electron chi connectivity index (χ2n) is 4.90. The van der Waals surface area contributed by atoms with Crippen LogP contribution in [0.15, 0.2) is 18.2 Å². The zero-order valence-electron chi connectivity index (χ0n) is 10.4. The molecule has 0 saturated heterocycles. The number of halogens is 2. The summed E-state index contributed by atoms with van der Waals surface area (Å²) in [6, 6.07) is 5.33. The van der Waals surface area contributed by atoms with Crippen molar-refractivity contribution in [2.24, 2.45) is 11.7 Å². The van der Waals surface area contributed by atoms with Crippen molar-refractivity contribution in [1.29, 1.82) is 0 Å². The lowest BCUT2D eigenvalue weighted by molar-refractivity contribution is 0.129. The summed E-state index contributed by atoms with van der Waals surface area (Å²) in [6.07, 6.45) is 6.12. The maximum absolute atomic E-state index is 6.05. The van der Waals surface area contributed by atoms with E-state index in [-0.39, 0.29) is 6.10 Å².